The molecule has 1 aliphatic heterocycles. The number of carbonyl (C=O) groups excluding carboxylic acids is 3. The summed E-state index contributed by atoms with van der Waals surface area (Å²) in [5, 5.41) is 2.48. The van der Waals surface area contributed by atoms with Crippen molar-refractivity contribution in [2.24, 2.45) is 5.92 Å². The van der Waals surface area contributed by atoms with Crippen molar-refractivity contribution < 1.29 is 23.9 Å². The Labute approximate surface area is 93.3 Å². The highest BCUT2D eigenvalue weighted by atomic mass is 16.5. The lowest BCUT2D eigenvalue weighted by molar-refractivity contribution is -0.147. The monoisotopic (exact) mass is 229 g/mol. The predicted molar refractivity (Wildman–Crippen MR) is 53.3 cm³/mol. The predicted octanol–water partition coefficient (Wildman–Crippen LogP) is -0.383. The molecular weight excluding hydrogens is 214 g/mol. The number of esters is 2. The van der Waals surface area contributed by atoms with Crippen molar-refractivity contribution in [3.63, 3.8) is 0 Å². The Hall–Kier alpha value is -1.59. The van der Waals surface area contributed by atoms with Gasteiger partial charge in [-0.15, -0.1) is 0 Å². The van der Waals surface area contributed by atoms with E-state index in [0.29, 0.717) is 0 Å². The van der Waals surface area contributed by atoms with E-state index in [1.165, 1.54) is 7.11 Å². The lowest BCUT2D eigenvalue weighted by Gasteiger charge is -2.15. The van der Waals surface area contributed by atoms with Crippen molar-refractivity contribution >= 4 is 17.8 Å². The minimum absolute atomic E-state index is 0.0480. The van der Waals surface area contributed by atoms with Crippen LogP contribution in [0.15, 0.2) is 0 Å². The molecule has 2 atom stereocenters. The maximum absolute atomic E-state index is 11.3. The van der Waals surface area contributed by atoms with Crippen molar-refractivity contribution in [1.82, 2.24) is 5.32 Å². The first-order chi connectivity index (χ1) is 7.58. The lowest BCUT2D eigenvalue weighted by Crippen LogP contribution is -2.38. The molecule has 0 aliphatic carbocycles. The Bertz CT molecular complexity index is 302. The van der Waals surface area contributed by atoms with Crippen LogP contribution in [0.25, 0.3) is 0 Å². The summed E-state index contributed by atoms with van der Waals surface area (Å²) >= 11 is 0. The second kappa shape index (κ2) is 5.48. The minimum Gasteiger partial charge on any atom is -0.467 e. The first kappa shape index (κ1) is 12.5. The molecule has 0 bridgehead atoms. The minimum atomic E-state index is -0.734. The molecular formula is C10H15NO5. The number of ether oxygens (including phenoxy) is 2. The molecule has 0 aromatic rings. The molecule has 90 valence electrons. The van der Waals surface area contributed by atoms with Crippen LogP contribution >= 0.6 is 0 Å². The van der Waals surface area contributed by atoms with Gasteiger partial charge in [-0.25, -0.2) is 4.79 Å². The number of amides is 1. The van der Waals surface area contributed by atoms with Crippen molar-refractivity contribution in [3.8, 4) is 0 Å². The molecule has 1 aliphatic rings. The highest BCUT2D eigenvalue weighted by Gasteiger charge is 2.39. The van der Waals surface area contributed by atoms with Gasteiger partial charge in [0.15, 0.2) is 0 Å². The third kappa shape index (κ3) is 2.95. The van der Waals surface area contributed by atoms with Crippen LogP contribution in [-0.2, 0) is 23.9 Å². The molecule has 1 amide bonds. The molecule has 1 heterocycles. The van der Waals surface area contributed by atoms with Crippen molar-refractivity contribution in [2.75, 3.05) is 13.7 Å². The summed E-state index contributed by atoms with van der Waals surface area (Å²) in [5.74, 6) is -1.55. The van der Waals surface area contributed by atoms with Gasteiger partial charge in [0, 0.05) is 12.3 Å². The van der Waals surface area contributed by atoms with Gasteiger partial charge in [-0.1, -0.05) is 0 Å². The quantitative estimate of drug-likeness (QED) is 0.664. The number of hydrogen-bond acceptors (Lipinski definition) is 5. The van der Waals surface area contributed by atoms with E-state index >= 15 is 0 Å². The molecule has 0 unspecified atom stereocenters. The average molecular weight is 229 g/mol. The number of rotatable bonds is 4. The Kier molecular flexibility index (Phi) is 4.28. The van der Waals surface area contributed by atoms with E-state index in [1.807, 2.05) is 0 Å². The summed E-state index contributed by atoms with van der Waals surface area (Å²) in [6.07, 6.45) is 0.199. The van der Waals surface area contributed by atoms with Gasteiger partial charge >= 0.3 is 11.9 Å². The maximum Gasteiger partial charge on any atom is 0.328 e. The topological polar surface area (TPSA) is 81.7 Å². The second-order valence-corrected chi connectivity index (χ2v) is 3.54. The number of hydrogen-bond donors (Lipinski definition) is 1. The first-order valence-corrected chi connectivity index (χ1v) is 5.11. The second-order valence-electron chi connectivity index (χ2n) is 3.54. The van der Waals surface area contributed by atoms with E-state index in [2.05, 4.69) is 10.1 Å². The van der Waals surface area contributed by atoms with Crippen LogP contribution in [-0.4, -0.2) is 37.6 Å². The van der Waals surface area contributed by atoms with Gasteiger partial charge in [0.2, 0.25) is 5.91 Å². The summed E-state index contributed by atoms with van der Waals surface area (Å²) in [5.41, 5.74) is 0. The summed E-state index contributed by atoms with van der Waals surface area (Å²) in [6.45, 7) is 1.99. The molecule has 16 heavy (non-hydrogen) atoms. The maximum atomic E-state index is 11.3. The largest absolute Gasteiger partial charge is 0.467 e. The summed E-state index contributed by atoms with van der Waals surface area (Å²) in [6, 6.07) is -0.734. The van der Waals surface area contributed by atoms with Crippen molar-refractivity contribution in [1.29, 1.82) is 0 Å². The van der Waals surface area contributed by atoms with E-state index in [0.717, 1.165) is 0 Å². The van der Waals surface area contributed by atoms with Crippen LogP contribution in [0.1, 0.15) is 19.8 Å². The summed E-state index contributed by atoms with van der Waals surface area (Å²) < 4.78 is 9.32. The van der Waals surface area contributed by atoms with Crippen LogP contribution in [0.5, 0.6) is 0 Å². The van der Waals surface area contributed by atoms with Crippen LogP contribution in [0.2, 0.25) is 0 Å². The van der Waals surface area contributed by atoms with Gasteiger partial charge in [-0.05, 0) is 6.92 Å². The number of methoxy groups -OCH3 is 1. The molecule has 1 N–H and O–H groups in total. The molecule has 1 rings (SSSR count). The van der Waals surface area contributed by atoms with E-state index in [-0.39, 0.29) is 31.3 Å². The number of nitrogens with one attached hydrogen (secondary N) is 1. The highest BCUT2D eigenvalue weighted by Crippen LogP contribution is 2.21. The smallest absolute Gasteiger partial charge is 0.328 e. The van der Waals surface area contributed by atoms with Crippen LogP contribution in [0.3, 0.4) is 0 Å². The number of carbonyl (C=O) groups is 3. The van der Waals surface area contributed by atoms with E-state index in [9.17, 15) is 14.4 Å². The van der Waals surface area contributed by atoms with Gasteiger partial charge in [0.1, 0.15) is 6.04 Å². The zero-order valence-electron chi connectivity index (χ0n) is 9.32. The molecule has 0 aromatic heterocycles. The first-order valence-electron chi connectivity index (χ1n) is 5.11. The van der Waals surface area contributed by atoms with Crippen LogP contribution in [0.4, 0.5) is 0 Å². The zero-order chi connectivity index (χ0) is 12.1. The molecule has 1 saturated heterocycles. The summed E-state index contributed by atoms with van der Waals surface area (Å²) in [4.78, 5) is 33.7. The van der Waals surface area contributed by atoms with E-state index in [1.54, 1.807) is 6.92 Å². The van der Waals surface area contributed by atoms with Gasteiger partial charge in [0.05, 0.1) is 20.1 Å². The van der Waals surface area contributed by atoms with Crippen molar-refractivity contribution in [2.45, 2.75) is 25.8 Å². The van der Waals surface area contributed by atoms with Crippen molar-refractivity contribution in [3.05, 3.63) is 0 Å². The highest BCUT2D eigenvalue weighted by molar-refractivity contribution is 5.89. The molecule has 6 heteroatoms. The fourth-order valence-corrected chi connectivity index (χ4v) is 1.71. The Balaban J connectivity index is 2.59. The summed E-state index contributed by atoms with van der Waals surface area (Å²) in [7, 11) is 1.24. The molecule has 0 saturated carbocycles. The Morgan fingerprint density at radius 1 is 1.50 bits per heavy atom. The fourth-order valence-electron chi connectivity index (χ4n) is 1.71. The average Bonchev–Trinajstić information content (AvgIpc) is 2.58. The van der Waals surface area contributed by atoms with Gasteiger partial charge < -0.3 is 14.8 Å². The molecule has 1 fully saturated rings. The molecule has 0 radical (unpaired) electrons. The van der Waals surface area contributed by atoms with E-state index in [4.69, 9.17) is 4.74 Å². The Morgan fingerprint density at radius 2 is 2.19 bits per heavy atom. The normalized spacial score (nSPS) is 23.8. The molecule has 6 nitrogen and oxygen atoms in total. The van der Waals surface area contributed by atoms with E-state index < -0.39 is 18.0 Å². The third-order valence-corrected chi connectivity index (χ3v) is 2.42. The zero-order valence-corrected chi connectivity index (χ0v) is 9.32. The SMILES string of the molecule is CCOC(=O)C[C@H]1CC(=O)N[C@@H]1C(=O)OC. The molecule has 0 spiro atoms. The Morgan fingerprint density at radius 3 is 2.75 bits per heavy atom. The van der Waals surface area contributed by atoms with Gasteiger partial charge in [-0.3, -0.25) is 9.59 Å². The lowest BCUT2D eigenvalue weighted by atomic mass is 9.97. The standard InChI is InChI=1S/C10H15NO5/c1-3-16-8(13)5-6-4-7(12)11-9(6)10(14)15-2/h6,9H,3-5H2,1-2H3,(H,11,12)/t6-,9+/m1/s1. The van der Waals surface area contributed by atoms with Gasteiger partial charge in [0.25, 0.3) is 0 Å². The van der Waals surface area contributed by atoms with Crippen LogP contribution in [0, 0.1) is 5.92 Å². The van der Waals surface area contributed by atoms with Crippen LogP contribution < -0.4 is 5.32 Å². The van der Waals surface area contributed by atoms with Gasteiger partial charge in [-0.2, -0.15) is 0 Å². The molecule has 0 aromatic carbocycles. The third-order valence-electron chi connectivity index (χ3n) is 2.42. The fraction of sp³-hybridized carbons (Fsp3) is 0.700.